The van der Waals surface area contributed by atoms with Crippen LogP contribution in [-0.2, 0) is 6.42 Å². The summed E-state index contributed by atoms with van der Waals surface area (Å²) in [4.78, 5) is 9.86. The number of hydrogen-bond acceptors (Lipinski definition) is 3. The number of fused-ring (bicyclic) bond motifs is 7. The number of pyridine rings is 1. The Bertz CT molecular complexity index is 813. The van der Waals surface area contributed by atoms with Gasteiger partial charge in [0.15, 0.2) is 0 Å². The van der Waals surface area contributed by atoms with Gasteiger partial charge in [0.25, 0.3) is 0 Å². The third-order valence-electron chi connectivity index (χ3n) is 7.05. The number of rotatable bonds is 3. The maximum Gasteiger partial charge on any atom is 0.0406 e. The molecule has 0 amide bonds. The van der Waals surface area contributed by atoms with Crippen LogP contribution in [0.1, 0.15) is 41.1 Å². The SMILES string of the molecule is Cc1ccc2c(c1)C1C3CC(CCN3C)C1N2CCc1ccc(C)nc1. The van der Waals surface area contributed by atoms with Crippen molar-refractivity contribution >= 4 is 5.69 Å². The molecule has 1 aromatic carbocycles. The third kappa shape index (κ3) is 2.48. The summed E-state index contributed by atoms with van der Waals surface area (Å²) in [6.07, 6.45) is 5.86. The number of aryl methyl sites for hydroxylation is 2. The Morgan fingerprint density at radius 1 is 1.15 bits per heavy atom. The van der Waals surface area contributed by atoms with Crippen molar-refractivity contribution in [2.75, 3.05) is 25.0 Å². The van der Waals surface area contributed by atoms with E-state index in [9.17, 15) is 0 Å². The molecule has 136 valence electrons. The Kier molecular flexibility index (Phi) is 3.82. The van der Waals surface area contributed by atoms with Gasteiger partial charge in [0.05, 0.1) is 0 Å². The fourth-order valence-electron chi connectivity index (χ4n) is 5.76. The van der Waals surface area contributed by atoms with Crippen molar-refractivity contribution in [1.82, 2.24) is 9.88 Å². The molecule has 4 atom stereocenters. The Morgan fingerprint density at radius 2 is 2.04 bits per heavy atom. The standard InChI is InChI=1S/C23H29N3/c1-15-4-7-20-19(12-15)22-21-13-18(9-10-25(21)3)23(22)26(20)11-8-17-6-5-16(2)24-14-17/h4-7,12,14,18,21-23H,8-11,13H2,1-3H3. The molecule has 1 aromatic heterocycles. The zero-order chi connectivity index (χ0) is 17.8. The monoisotopic (exact) mass is 347 g/mol. The minimum atomic E-state index is 0.693. The summed E-state index contributed by atoms with van der Waals surface area (Å²) < 4.78 is 0. The summed E-state index contributed by atoms with van der Waals surface area (Å²) in [7, 11) is 2.33. The second-order valence-corrected chi connectivity index (χ2v) is 8.66. The van der Waals surface area contributed by atoms with Gasteiger partial charge in [-0.3, -0.25) is 4.98 Å². The fourth-order valence-corrected chi connectivity index (χ4v) is 5.76. The summed E-state index contributed by atoms with van der Waals surface area (Å²) >= 11 is 0. The zero-order valence-electron chi connectivity index (χ0n) is 16.2. The number of benzene rings is 1. The molecule has 2 aromatic rings. The molecule has 1 saturated heterocycles. The van der Waals surface area contributed by atoms with Gasteiger partial charge in [-0.2, -0.15) is 0 Å². The molecule has 0 radical (unpaired) electrons. The van der Waals surface area contributed by atoms with Crippen molar-refractivity contribution in [3.8, 4) is 0 Å². The van der Waals surface area contributed by atoms with E-state index < -0.39 is 0 Å². The van der Waals surface area contributed by atoms with E-state index in [1.807, 2.05) is 0 Å². The van der Waals surface area contributed by atoms with E-state index in [4.69, 9.17) is 0 Å². The third-order valence-corrected chi connectivity index (χ3v) is 7.05. The van der Waals surface area contributed by atoms with Crippen molar-refractivity contribution in [3.63, 3.8) is 0 Å². The number of likely N-dealkylation sites (tertiary alicyclic amines) is 1. The van der Waals surface area contributed by atoms with Crippen LogP contribution >= 0.6 is 0 Å². The summed E-state index contributed by atoms with van der Waals surface area (Å²) in [6, 6.07) is 12.9. The highest BCUT2D eigenvalue weighted by molar-refractivity contribution is 5.64. The smallest absolute Gasteiger partial charge is 0.0406 e. The quantitative estimate of drug-likeness (QED) is 0.838. The van der Waals surface area contributed by atoms with Gasteiger partial charge >= 0.3 is 0 Å². The van der Waals surface area contributed by atoms with Crippen LogP contribution in [0.5, 0.6) is 0 Å². The molecule has 26 heavy (non-hydrogen) atoms. The Labute approximate surface area is 157 Å². The van der Waals surface area contributed by atoms with Crippen LogP contribution in [-0.4, -0.2) is 42.1 Å². The summed E-state index contributed by atoms with van der Waals surface area (Å²) in [5, 5.41) is 0. The van der Waals surface area contributed by atoms with Crippen LogP contribution in [0.4, 0.5) is 5.69 Å². The van der Waals surface area contributed by atoms with Gasteiger partial charge in [-0.1, -0.05) is 23.8 Å². The molecule has 3 heteroatoms. The topological polar surface area (TPSA) is 19.4 Å². The first-order valence-corrected chi connectivity index (χ1v) is 10.1. The molecule has 0 N–H and O–H groups in total. The first-order chi connectivity index (χ1) is 12.6. The lowest BCUT2D eigenvalue weighted by atomic mass is 9.92. The normalized spacial score (nSPS) is 29.7. The van der Waals surface area contributed by atoms with Crippen LogP contribution in [0.2, 0.25) is 0 Å². The molecule has 0 spiro atoms. The second kappa shape index (κ2) is 6.09. The summed E-state index contributed by atoms with van der Waals surface area (Å²) in [5.74, 6) is 1.54. The molecular formula is C23H29N3. The molecule has 3 heterocycles. The summed E-state index contributed by atoms with van der Waals surface area (Å²) in [6.45, 7) is 6.66. The highest BCUT2D eigenvalue weighted by Crippen LogP contribution is 2.55. The number of aromatic nitrogens is 1. The van der Waals surface area contributed by atoms with E-state index in [1.165, 1.54) is 36.2 Å². The first-order valence-electron chi connectivity index (χ1n) is 10.1. The van der Waals surface area contributed by atoms with Gasteiger partial charge in [-0.25, -0.2) is 0 Å². The Morgan fingerprint density at radius 3 is 2.85 bits per heavy atom. The number of likely N-dealkylation sites (N-methyl/N-ethyl adjacent to an activating group) is 1. The highest BCUT2D eigenvalue weighted by Gasteiger charge is 2.54. The van der Waals surface area contributed by atoms with E-state index in [1.54, 1.807) is 5.56 Å². The highest BCUT2D eigenvalue weighted by atomic mass is 15.3. The van der Waals surface area contributed by atoms with Crippen LogP contribution in [0.3, 0.4) is 0 Å². The largest absolute Gasteiger partial charge is 0.367 e. The molecule has 3 nitrogen and oxygen atoms in total. The predicted octanol–water partition coefficient (Wildman–Crippen LogP) is 3.94. The molecular weight excluding hydrogens is 318 g/mol. The van der Waals surface area contributed by atoms with E-state index in [0.717, 1.165) is 30.6 Å². The van der Waals surface area contributed by atoms with Gasteiger partial charge in [0, 0.05) is 42.1 Å². The van der Waals surface area contributed by atoms with Crippen molar-refractivity contribution < 1.29 is 0 Å². The van der Waals surface area contributed by atoms with E-state index in [-0.39, 0.29) is 0 Å². The van der Waals surface area contributed by atoms with Crippen LogP contribution in [0.25, 0.3) is 0 Å². The van der Waals surface area contributed by atoms with Crippen LogP contribution < -0.4 is 4.90 Å². The lowest BCUT2D eigenvalue weighted by molar-refractivity contribution is 0.184. The minimum absolute atomic E-state index is 0.693. The number of piperidine rings is 1. The Hall–Kier alpha value is -1.87. The fraction of sp³-hybridized carbons (Fsp3) is 0.522. The van der Waals surface area contributed by atoms with Crippen molar-refractivity contribution in [1.29, 1.82) is 0 Å². The molecule has 4 unspecified atom stereocenters. The first kappa shape index (κ1) is 16.3. The van der Waals surface area contributed by atoms with Crippen molar-refractivity contribution in [3.05, 3.63) is 58.9 Å². The molecule has 2 fully saturated rings. The molecule has 2 bridgehead atoms. The van der Waals surface area contributed by atoms with E-state index in [2.05, 4.69) is 72.2 Å². The molecule has 2 aliphatic heterocycles. The predicted molar refractivity (Wildman–Crippen MR) is 107 cm³/mol. The molecule has 3 aliphatic rings. The second-order valence-electron chi connectivity index (χ2n) is 8.66. The van der Waals surface area contributed by atoms with Crippen LogP contribution in [0, 0.1) is 19.8 Å². The van der Waals surface area contributed by atoms with Gasteiger partial charge in [-0.15, -0.1) is 0 Å². The van der Waals surface area contributed by atoms with Crippen molar-refractivity contribution in [2.45, 2.75) is 51.1 Å². The lowest BCUT2D eigenvalue weighted by Crippen LogP contribution is -2.38. The van der Waals surface area contributed by atoms with Gasteiger partial charge < -0.3 is 9.80 Å². The number of anilines is 1. The van der Waals surface area contributed by atoms with Gasteiger partial charge in [0.2, 0.25) is 0 Å². The Balaban J connectivity index is 1.48. The lowest BCUT2D eigenvalue weighted by Gasteiger charge is -2.34. The number of hydrogen-bond donors (Lipinski definition) is 0. The average Bonchev–Trinajstić information content (AvgIpc) is 3.12. The maximum absolute atomic E-state index is 4.48. The zero-order valence-corrected chi connectivity index (χ0v) is 16.2. The minimum Gasteiger partial charge on any atom is -0.367 e. The summed E-state index contributed by atoms with van der Waals surface area (Å²) in [5.41, 5.74) is 6.96. The molecule has 5 rings (SSSR count). The molecule has 1 saturated carbocycles. The van der Waals surface area contributed by atoms with Gasteiger partial charge in [0.1, 0.15) is 0 Å². The van der Waals surface area contributed by atoms with Crippen LogP contribution in [0.15, 0.2) is 36.5 Å². The average molecular weight is 348 g/mol. The van der Waals surface area contributed by atoms with E-state index >= 15 is 0 Å². The van der Waals surface area contributed by atoms with Crippen molar-refractivity contribution in [2.24, 2.45) is 5.92 Å². The maximum atomic E-state index is 4.48. The number of nitrogens with zero attached hydrogens (tertiary/aromatic N) is 3. The van der Waals surface area contributed by atoms with Gasteiger partial charge in [-0.05, 0) is 75.9 Å². The molecule has 1 aliphatic carbocycles. The van der Waals surface area contributed by atoms with E-state index in [0.29, 0.717) is 12.0 Å².